The largest absolute Gasteiger partial charge is 0.346 e. The minimum absolute atomic E-state index is 0.143. The molecule has 27 heavy (non-hydrogen) atoms. The third kappa shape index (κ3) is 3.88. The van der Waals surface area contributed by atoms with E-state index in [9.17, 15) is 4.79 Å². The van der Waals surface area contributed by atoms with Crippen molar-refractivity contribution in [1.82, 2.24) is 15.3 Å². The number of nitrogens with one attached hydrogen (secondary N) is 1. The van der Waals surface area contributed by atoms with Gasteiger partial charge in [-0.25, -0.2) is 4.98 Å². The Morgan fingerprint density at radius 1 is 0.963 bits per heavy atom. The average Bonchev–Trinajstić information content (AvgIpc) is 2.72. The van der Waals surface area contributed by atoms with E-state index in [1.807, 2.05) is 72.8 Å². The highest BCUT2D eigenvalue weighted by molar-refractivity contribution is 9.10. The van der Waals surface area contributed by atoms with E-state index in [1.165, 1.54) is 0 Å². The molecular formula is C22H16BrN3O. The molecule has 0 aliphatic heterocycles. The van der Waals surface area contributed by atoms with E-state index in [1.54, 1.807) is 6.20 Å². The van der Waals surface area contributed by atoms with Crippen LogP contribution < -0.4 is 5.32 Å². The fourth-order valence-electron chi connectivity index (χ4n) is 2.93. The Labute approximate surface area is 165 Å². The van der Waals surface area contributed by atoms with Crippen LogP contribution in [0.15, 0.2) is 83.5 Å². The maximum Gasteiger partial charge on any atom is 0.252 e. The van der Waals surface area contributed by atoms with Crippen LogP contribution in [0.2, 0.25) is 0 Å². The summed E-state index contributed by atoms with van der Waals surface area (Å²) in [6.45, 7) is 0.378. The number of nitrogens with zero attached hydrogens (tertiary/aromatic N) is 2. The van der Waals surface area contributed by atoms with E-state index >= 15 is 0 Å². The summed E-state index contributed by atoms with van der Waals surface area (Å²) >= 11 is 3.49. The van der Waals surface area contributed by atoms with Crippen molar-refractivity contribution < 1.29 is 4.79 Å². The Bertz CT molecular complexity index is 1110. The summed E-state index contributed by atoms with van der Waals surface area (Å²) in [5, 5.41) is 3.79. The van der Waals surface area contributed by atoms with E-state index in [0.29, 0.717) is 12.1 Å². The maximum atomic E-state index is 12.9. The van der Waals surface area contributed by atoms with Gasteiger partial charge in [0.25, 0.3) is 5.91 Å². The van der Waals surface area contributed by atoms with E-state index in [0.717, 1.165) is 32.3 Å². The number of benzene rings is 2. The first-order valence-corrected chi connectivity index (χ1v) is 9.34. The predicted octanol–water partition coefficient (Wildman–Crippen LogP) is 4.99. The molecule has 0 bridgehead atoms. The van der Waals surface area contributed by atoms with Gasteiger partial charge in [0.15, 0.2) is 0 Å². The van der Waals surface area contributed by atoms with Gasteiger partial charge in [0.05, 0.1) is 29.0 Å². The molecule has 0 aliphatic carbocycles. The van der Waals surface area contributed by atoms with E-state index in [2.05, 4.69) is 26.2 Å². The summed E-state index contributed by atoms with van der Waals surface area (Å²) in [6.07, 6.45) is 1.72. The van der Waals surface area contributed by atoms with Gasteiger partial charge in [0.2, 0.25) is 0 Å². The number of amides is 1. The van der Waals surface area contributed by atoms with E-state index < -0.39 is 0 Å². The van der Waals surface area contributed by atoms with Crippen LogP contribution in [0.25, 0.3) is 22.2 Å². The quantitative estimate of drug-likeness (QED) is 0.508. The first-order valence-electron chi connectivity index (χ1n) is 8.54. The van der Waals surface area contributed by atoms with Gasteiger partial charge >= 0.3 is 0 Å². The van der Waals surface area contributed by atoms with Gasteiger partial charge in [-0.2, -0.15) is 0 Å². The molecule has 0 saturated carbocycles. The van der Waals surface area contributed by atoms with Gasteiger partial charge in [0, 0.05) is 21.6 Å². The van der Waals surface area contributed by atoms with E-state index in [4.69, 9.17) is 4.98 Å². The molecule has 0 radical (unpaired) electrons. The van der Waals surface area contributed by atoms with Crippen LogP contribution in [0, 0.1) is 0 Å². The number of hydrogen-bond acceptors (Lipinski definition) is 3. The topological polar surface area (TPSA) is 54.9 Å². The fourth-order valence-corrected chi connectivity index (χ4v) is 3.33. The molecule has 4 nitrogen and oxygen atoms in total. The van der Waals surface area contributed by atoms with Crippen LogP contribution in [-0.2, 0) is 6.54 Å². The van der Waals surface area contributed by atoms with Crippen LogP contribution in [0.4, 0.5) is 0 Å². The average molecular weight is 418 g/mol. The molecule has 0 fully saturated rings. The zero-order valence-corrected chi connectivity index (χ0v) is 16.0. The molecule has 0 spiro atoms. The molecule has 0 unspecified atom stereocenters. The molecule has 4 rings (SSSR count). The smallest absolute Gasteiger partial charge is 0.252 e. The van der Waals surface area contributed by atoms with Crippen molar-refractivity contribution in [3.05, 3.63) is 94.7 Å². The molecule has 1 amide bonds. The van der Waals surface area contributed by atoms with Crippen molar-refractivity contribution in [2.75, 3.05) is 0 Å². The van der Waals surface area contributed by atoms with Crippen molar-refractivity contribution in [2.45, 2.75) is 6.54 Å². The minimum atomic E-state index is -0.143. The summed E-state index contributed by atoms with van der Waals surface area (Å²) in [7, 11) is 0. The van der Waals surface area contributed by atoms with E-state index in [-0.39, 0.29) is 5.91 Å². The molecule has 4 aromatic rings. The number of halogens is 1. The van der Waals surface area contributed by atoms with Crippen molar-refractivity contribution in [3.8, 4) is 11.3 Å². The first-order chi connectivity index (χ1) is 13.2. The molecule has 0 atom stereocenters. The standard InChI is InChI=1S/C22H16BrN3O/c23-16-7-5-6-15(12-16)21-13-19(18-9-1-2-10-20(18)26-21)22(27)25-14-17-8-3-4-11-24-17/h1-13H,14H2,(H,25,27). The molecule has 2 heterocycles. The number of carbonyl (C=O) groups is 1. The Morgan fingerprint density at radius 3 is 2.63 bits per heavy atom. The number of rotatable bonds is 4. The van der Waals surface area contributed by atoms with Crippen LogP contribution in [0.3, 0.4) is 0 Å². The molecular weight excluding hydrogens is 402 g/mol. The Kier molecular flexibility index (Phi) is 4.94. The lowest BCUT2D eigenvalue weighted by molar-refractivity contribution is 0.0952. The number of carbonyl (C=O) groups excluding carboxylic acids is 1. The van der Waals surface area contributed by atoms with Crippen molar-refractivity contribution in [2.24, 2.45) is 0 Å². The third-order valence-corrected chi connectivity index (χ3v) is 4.73. The van der Waals surface area contributed by atoms with Gasteiger partial charge in [-0.15, -0.1) is 0 Å². The lowest BCUT2D eigenvalue weighted by Gasteiger charge is -2.11. The lowest BCUT2D eigenvalue weighted by Crippen LogP contribution is -2.23. The molecule has 2 aromatic heterocycles. The molecule has 2 aromatic carbocycles. The molecule has 1 N–H and O–H groups in total. The van der Waals surface area contributed by atoms with Gasteiger partial charge in [-0.1, -0.05) is 52.3 Å². The number of aromatic nitrogens is 2. The van der Waals surface area contributed by atoms with Crippen molar-refractivity contribution in [3.63, 3.8) is 0 Å². The summed E-state index contributed by atoms with van der Waals surface area (Å²) in [4.78, 5) is 21.9. The van der Waals surface area contributed by atoms with Crippen molar-refractivity contribution in [1.29, 1.82) is 0 Å². The second kappa shape index (κ2) is 7.68. The fraction of sp³-hybridized carbons (Fsp3) is 0.0455. The van der Waals surface area contributed by atoms with Crippen LogP contribution >= 0.6 is 15.9 Å². The van der Waals surface area contributed by atoms with Crippen molar-refractivity contribution >= 4 is 32.7 Å². The molecule has 0 aliphatic rings. The highest BCUT2D eigenvalue weighted by Crippen LogP contribution is 2.26. The zero-order valence-electron chi connectivity index (χ0n) is 14.4. The summed E-state index contributed by atoms with van der Waals surface area (Å²) < 4.78 is 0.969. The number of hydrogen-bond donors (Lipinski definition) is 1. The molecule has 5 heteroatoms. The lowest BCUT2D eigenvalue weighted by atomic mass is 10.0. The summed E-state index contributed by atoms with van der Waals surface area (Å²) in [6, 6.07) is 23.1. The second-order valence-electron chi connectivity index (χ2n) is 6.09. The molecule has 0 saturated heterocycles. The minimum Gasteiger partial charge on any atom is -0.346 e. The third-order valence-electron chi connectivity index (χ3n) is 4.24. The second-order valence-corrected chi connectivity index (χ2v) is 7.00. The van der Waals surface area contributed by atoms with Gasteiger partial charge in [-0.3, -0.25) is 9.78 Å². The SMILES string of the molecule is O=C(NCc1ccccn1)c1cc(-c2cccc(Br)c2)nc2ccccc12. The summed E-state index contributed by atoms with van der Waals surface area (Å²) in [5.41, 5.74) is 3.92. The van der Waals surface area contributed by atoms with Crippen LogP contribution in [0.5, 0.6) is 0 Å². The maximum absolute atomic E-state index is 12.9. The van der Waals surface area contributed by atoms with Gasteiger partial charge in [0.1, 0.15) is 0 Å². The number of para-hydroxylation sites is 1. The monoisotopic (exact) mass is 417 g/mol. The Hall–Kier alpha value is -3.05. The first kappa shape index (κ1) is 17.4. The normalized spacial score (nSPS) is 10.7. The highest BCUT2D eigenvalue weighted by atomic mass is 79.9. The zero-order chi connectivity index (χ0) is 18.6. The number of fused-ring (bicyclic) bond motifs is 1. The Morgan fingerprint density at radius 2 is 1.81 bits per heavy atom. The predicted molar refractivity (Wildman–Crippen MR) is 110 cm³/mol. The van der Waals surface area contributed by atoms with Gasteiger partial charge in [-0.05, 0) is 36.4 Å². The van der Waals surface area contributed by atoms with Gasteiger partial charge < -0.3 is 5.32 Å². The van der Waals surface area contributed by atoms with Crippen LogP contribution in [0.1, 0.15) is 16.1 Å². The highest BCUT2D eigenvalue weighted by Gasteiger charge is 2.14. The Balaban J connectivity index is 1.73. The molecule has 132 valence electrons. The van der Waals surface area contributed by atoms with Crippen LogP contribution in [-0.4, -0.2) is 15.9 Å². The summed E-state index contributed by atoms with van der Waals surface area (Å²) in [5.74, 6) is -0.143. The number of pyridine rings is 2.